The van der Waals surface area contributed by atoms with Gasteiger partial charge in [0.15, 0.2) is 17.5 Å². The number of ether oxygens (including phenoxy) is 3. The average molecular weight is 426 g/mol. The Morgan fingerprint density at radius 2 is 1.77 bits per heavy atom. The molecule has 0 aliphatic carbocycles. The number of benzene rings is 2. The highest BCUT2D eigenvalue weighted by Gasteiger charge is 2.13. The number of rotatable bonds is 9. The van der Waals surface area contributed by atoms with Gasteiger partial charge in [-0.05, 0) is 36.4 Å². The van der Waals surface area contributed by atoms with Crippen molar-refractivity contribution in [2.24, 2.45) is 0 Å². The molecular formula is C22H22N2O5S. The van der Waals surface area contributed by atoms with Crippen molar-refractivity contribution in [1.82, 2.24) is 4.98 Å². The SMILES string of the molecule is CCC(=O)c1ccc(OCC(=O)Nc2nc(-c3ccc(OC)cc3OC)cs2)cc1. The monoisotopic (exact) mass is 426 g/mol. The van der Waals surface area contributed by atoms with Crippen molar-refractivity contribution in [2.45, 2.75) is 13.3 Å². The lowest BCUT2D eigenvalue weighted by Gasteiger charge is -2.08. The van der Waals surface area contributed by atoms with Crippen LogP contribution in [0.15, 0.2) is 47.8 Å². The molecular weight excluding hydrogens is 404 g/mol. The Hall–Kier alpha value is -3.39. The molecule has 1 amide bonds. The zero-order valence-electron chi connectivity index (χ0n) is 16.9. The van der Waals surface area contributed by atoms with Crippen molar-refractivity contribution in [2.75, 3.05) is 26.1 Å². The number of carbonyl (C=O) groups excluding carboxylic acids is 2. The summed E-state index contributed by atoms with van der Waals surface area (Å²) in [5.41, 5.74) is 2.11. The molecule has 1 N–H and O–H groups in total. The largest absolute Gasteiger partial charge is 0.497 e. The van der Waals surface area contributed by atoms with Gasteiger partial charge in [0, 0.05) is 29.0 Å². The summed E-state index contributed by atoms with van der Waals surface area (Å²) in [6.45, 7) is 1.65. The van der Waals surface area contributed by atoms with Gasteiger partial charge >= 0.3 is 0 Å². The number of nitrogens with one attached hydrogen (secondary N) is 1. The molecule has 0 atom stereocenters. The van der Waals surface area contributed by atoms with E-state index in [0.29, 0.717) is 40.1 Å². The van der Waals surface area contributed by atoms with Crippen molar-refractivity contribution >= 4 is 28.2 Å². The van der Waals surface area contributed by atoms with Gasteiger partial charge in [0.1, 0.15) is 17.2 Å². The summed E-state index contributed by atoms with van der Waals surface area (Å²) in [5.74, 6) is 1.56. The number of aromatic nitrogens is 1. The van der Waals surface area contributed by atoms with E-state index >= 15 is 0 Å². The van der Waals surface area contributed by atoms with Crippen LogP contribution in [0, 0.1) is 0 Å². The normalized spacial score (nSPS) is 10.4. The first kappa shape index (κ1) is 21.3. The van der Waals surface area contributed by atoms with Crippen LogP contribution in [0.3, 0.4) is 0 Å². The molecule has 0 aliphatic rings. The molecule has 0 bridgehead atoms. The topological polar surface area (TPSA) is 86.8 Å². The van der Waals surface area contributed by atoms with Crippen LogP contribution in [0.25, 0.3) is 11.3 Å². The molecule has 0 radical (unpaired) electrons. The second kappa shape index (κ2) is 9.89. The minimum atomic E-state index is -0.327. The lowest BCUT2D eigenvalue weighted by Crippen LogP contribution is -2.20. The second-order valence-corrected chi connectivity index (χ2v) is 7.10. The minimum absolute atomic E-state index is 0.0624. The van der Waals surface area contributed by atoms with Crippen molar-refractivity contribution in [1.29, 1.82) is 0 Å². The molecule has 1 aromatic heterocycles. The maximum absolute atomic E-state index is 12.2. The number of ketones is 1. The molecule has 30 heavy (non-hydrogen) atoms. The van der Waals surface area contributed by atoms with E-state index in [1.807, 2.05) is 24.4 Å². The summed E-state index contributed by atoms with van der Waals surface area (Å²) < 4.78 is 16.1. The van der Waals surface area contributed by atoms with Crippen molar-refractivity contribution in [3.05, 3.63) is 53.4 Å². The van der Waals surface area contributed by atoms with Crippen LogP contribution in [-0.4, -0.2) is 37.5 Å². The third-order valence-corrected chi connectivity index (χ3v) is 5.06. The number of thiazole rings is 1. The van der Waals surface area contributed by atoms with Crippen LogP contribution in [0.1, 0.15) is 23.7 Å². The lowest BCUT2D eigenvalue weighted by molar-refractivity contribution is -0.118. The molecule has 0 fully saturated rings. The van der Waals surface area contributed by atoms with E-state index in [9.17, 15) is 9.59 Å². The fourth-order valence-corrected chi connectivity index (χ4v) is 3.44. The Bertz CT molecular complexity index is 1030. The van der Waals surface area contributed by atoms with E-state index in [2.05, 4.69) is 10.3 Å². The van der Waals surface area contributed by atoms with Gasteiger partial charge in [-0.2, -0.15) is 0 Å². The average Bonchev–Trinajstić information content (AvgIpc) is 3.25. The fraction of sp³-hybridized carbons (Fsp3) is 0.227. The van der Waals surface area contributed by atoms with Gasteiger partial charge in [-0.15, -0.1) is 11.3 Å². The Morgan fingerprint density at radius 3 is 2.43 bits per heavy atom. The van der Waals surface area contributed by atoms with E-state index in [4.69, 9.17) is 14.2 Å². The van der Waals surface area contributed by atoms with Gasteiger partial charge in [0.05, 0.1) is 19.9 Å². The molecule has 8 heteroatoms. The summed E-state index contributed by atoms with van der Waals surface area (Å²) in [6.07, 6.45) is 0.445. The van der Waals surface area contributed by atoms with Crippen LogP contribution in [0.2, 0.25) is 0 Å². The second-order valence-electron chi connectivity index (χ2n) is 6.24. The van der Waals surface area contributed by atoms with Gasteiger partial charge in [0.25, 0.3) is 5.91 Å². The van der Waals surface area contributed by atoms with E-state index in [-0.39, 0.29) is 18.3 Å². The standard InChI is InChI=1S/C22H22N2O5S/c1-4-19(25)14-5-7-15(8-6-14)29-12-21(26)24-22-23-18(13-30-22)17-10-9-16(27-2)11-20(17)28-3/h5-11,13H,4,12H2,1-3H3,(H,23,24,26). The maximum atomic E-state index is 12.2. The molecule has 0 spiro atoms. The molecule has 1 heterocycles. The predicted octanol–water partition coefficient (Wildman–Crippen LogP) is 4.44. The zero-order chi connectivity index (χ0) is 21.5. The van der Waals surface area contributed by atoms with Crippen LogP contribution in [-0.2, 0) is 4.79 Å². The summed E-state index contributed by atoms with van der Waals surface area (Å²) in [5, 5.41) is 5.02. The molecule has 7 nitrogen and oxygen atoms in total. The minimum Gasteiger partial charge on any atom is -0.497 e. The number of hydrogen-bond donors (Lipinski definition) is 1. The summed E-state index contributed by atoms with van der Waals surface area (Å²) >= 11 is 1.31. The quantitative estimate of drug-likeness (QED) is 0.509. The molecule has 0 saturated carbocycles. The van der Waals surface area contributed by atoms with E-state index in [0.717, 1.165) is 5.56 Å². The van der Waals surface area contributed by atoms with Crippen LogP contribution >= 0.6 is 11.3 Å². The molecule has 3 aromatic rings. The highest BCUT2D eigenvalue weighted by molar-refractivity contribution is 7.14. The molecule has 0 unspecified atom stereocenters. The van der Waals surface area contributed by atoms with Crippen LogP contribution in [0.4, 0.5) is 5.13 Å². The highest BCUT2D eigenvalue weighted by atomic mass is 32.1. The Morgan fingerprint density at radius 1 is 1.03 bits per heavy atom. The first-order valence-corrected chi connectivity index (χ1v) is 10.2. The predicted molar refractivity (Wildman–Crippen MR) is 116 cm³/mol. The smallest absolute Gasteiger partial charge is 0.264 e. The third kappa shape index (κ3) is 5.15. The van der Waals surface area contributed by atoms with Crippen molar-refractivity contribution < 1.29 is 23.8 Å². The Labute approximate surface area is 178 Å². The number of methoxy groups -OCH3 is 2. The van der Waals surface area contributed by atoms with E-state index in [1.165, 1.54) is 11.3 Å². The molecule has 3 rings (SSSR count). The number of amides is 1. The first-order chi connectivity index (χ1) is 14.5. The summed E-state index contributed by atoms with van der Waals surface area (Å²) in [4.78, 5) is 28.3. The number of Topliss-reactive ketones (excluding diaryl/α,β-unsaturated/α-hetero) is 1. The molecule has 0 saturated heterocycles. The Kier molecular flexibility index (Phi) is 7.03. The van der Waals surface area contributed by atoms with Gasteiger partial charge in [-0.25, -0.2) is 4.98 Å². The van der Waals surface area contributed by atoms with Crippen LogP contribution in [0.5, 0.6) is 17.2 Å². The van der Waals surface area contributed by atoms with Crippen molar-refractivity contribution in [3.8, 4) is 28.5 Å². The van der Waals surface area contributed by atoms with E-state index in [1.54, 1.807) is 44.6 Å². The Balaban J connectivity index is 1.59. The first-order valence-electron chi connectivity index (χ1n) is 9.28. The number of hydrogen-bond acceptors (Lipinski definition) is 7. The maximum Gasteiger partial charge on any atom is 0.264 e. The summed E-state index contributed by atoms with van der Waals surface area (Å²) in [7, 11) is 3.17. The number of carbonyl (C=O) groups is 2. The zero-order valence-corrected chi connectivity index (χ0v) is 17.7. The lowest BCUT2D eigenvalue weighted by atomic mass is 10.1. The number of nitrogens with zero attached hydrogens (tertiary/aromatic N) is 1. The van der Waals surface area contributed by atoms with Crippen molar-refractivity contribution in [3.63, 3.8) is 0 Å². The molecule has 156 valence electrons. The van der Waals surface area contributed by atoms with Gasteiger partial charge < -0.3 is 14.2 Å². The molecule has 0 aliphatic heterocycles. The number of anilines is 1. The van der Waals surface area contributed by atoms with Crippen LogP contribution < -0.4 is 19.5 Å². The summed E-state index contributed by atoms with van der Waals surface area (Å²) in [6, 6.07) is 12.2. The van der Waals surface area contributed by atoms with Gasteiger partial charge in [-0.3, -0.25) is 14.9 Å². The van der Waals surface area contributed by atoms with Gasteiger partial charge in [-0.1, -0.05) is 6.92 Å². The van der Waals surface area contributed by atoms with Gasteiger partial charge in [0.2, 0.25) is 0 Å². The fourth-order valence-electron chi connectivity index (χ4n) is 2.71. The molecule has 2 aromatic carbocycles. The third-order valence-electron chi connectivity index (χ3n) is 4.30. The van der Waals surface area contributed by atoms with E-state index < -0.39 is 0 Å². The highest BCUT2D eigenvalue weighted by Crippen LogP contribution is 2.34.